The van der Waals surface area contributed by atoms with Gasteiger partial charge in [0.1, 0.15) is 5.60 Å². The quantitative estimate of drug-likeness (QED) is 0.868. The fourth-order valence-corrected chi connectivity index (χ4v) is 2.08. The van der Waals surface area contributed by atoms with Crippen molar-refractivity contribution in [2.75, 3.05) is 6.79 Å². The predicted molar refractivity (Wildman–Crippen MR) is 77.1 cm³/mol. The molecule has 116 valence electrons. The van der Waals surface area contributed by atoms with Crippen LogP contribution >= 0.6 is 0 Å². The maximum atomic E-state index is 12.2. The molecule has 0 radical (unpaired) electrons. The summed E-state index contributed by atoms with van der Waals surface area (Å²) in [6.45, 7) is 8.81. The van der Waals surface area contributed by atoms with Gasteiger partial charge in [-0.3, -0.25) is 4.79 Å². The summed E-state index contributed by atoms with van der Waals surface area (Å²) in [4.78, 5) is 12.2. The van der Waals surface area contributed by atoms with E-state index < -0.39 is 23.1 Å². The summed E-state index contributed by atoms with van der Waals surface area (Å²) < 4.78 is 15.9. The molecule has 0 saturated carbocycles. The third-order valence-corrected chi connectivity index (χ3v) is 3.56. The molecule has 1 aliphatic heterocycles. The molecule has 0 aromatic heterocycles. The molecule has 1 heterocycles. The Morgan fingerprint density at radius 2 is 1.86 bits per heavy atom. The normalized spacial score (nSPS) is 18.0. The van der Waals surface area contributed by atoms with Gasteiger partial charge in [-0.15, -0.1) is 0 Å². The lowest BCUT2D eigenvalue weighted by Gasteiger charge is -2.31. The maximum Gasteiger partial charge on any atom is 0.312 e. The number of ether oxygens (including phenoxy) is 3. The number of fused-ring (bicyclic) bond motifs is 1. The van der Waals surface area contributed by atoms with Crippen LogP contribution in [0.1, 0.15) is 40.2 Å². The molecular weight excluding hydrogens is 272 g/mol. The van der Waals surface area contributed by atoms with Crippen molar-refractivity contribution in [3.8, 4) is 11.5 Å². The molecule has 5 heteroatoms. The first-order valence-electron chi connectivity index (χ1n) is 6.96. The van der Waals surface area contributed by atoms with Gasteiger partial charge in [-0.25, -0.2) is 0 Å². The molecule has 0 saturated heterocycles. The molecule has 1 aromatic rings. The average Bonchev–Trinajstić information content (AvgIpc) is 2.82. The van der Waals surface area contributed by atoms with Gasteiger partial charge >= 0.3 is 5.97 Å². The molecule has 2 rings (SSSR count). The van der Waals surface area contributed by atoms with E-state index in [1.165, 1.54) is 0 Å². The fourth-order valence-electron chi connectivity index (χ4n) is 2.08. The molecule has 0 spiro atoms. The molecule has 1 aromatic carbocycles. The summed E-state index contributed by atoms with van der Waals surface area (Å²) >= 11 is 0. The number of hydrogen-bond donors (Lipinski definition) is 1. The van der Waals surface area contributed by atoms with Gasteiger partial charge < -0.3 is 19.3 Å². The van der Waals surface area contributed by atoms with Gasteiger partial charge in [0.05, 0.1) is 11.5 Å². The Morgan fingerprint density at radius 3 is 2.48 bits per heavy atom. The number of benzene rings is 1. The minimum Gasteiger partial charge on any atom is -0.460 e. The van der Waals surface area contributed by atoms with E-state index in [4.69, 9.17) is 14.2 Å². The second-order valence-corrected chi connectivity index (χ2v) is 6.47. The number of rotatable bonds is 3. The average molecular weight is 294 g/mol. The van der Waals surface area contributed by atoms with E-state index in [2.05, 4.69) is 0 Å². The lowest BCUT2D eigenvalue weighted by molar-refractivity contribution is -0.168. The third-order valence-electron chi connectivity index (χ3n) is 3.56. The number of carbonyl (C=O) groups excluding carboxylic acids is 1. The van der Waals surface area contributed by atoms with Crippen LogP contribution in [-0.4, -0.2) is 23.5 Å². The molecule has 2 unspecified atom stereocenters. The fraction of sp³-hybridized carbons (Fsp3) is 0.562. The number of esters is 1. The van der Waals surface area contributed by atoms with Crippen LogP contribution in [0.2, 0.25) is 0 Å². The van der Waals surface area contributed by atoms with E-state index in [1.54, 1.807) is 52.8 Å². The van der Waals surface area contributed by atoms with E-state index in [1.807, 2.05) is 0 Å². The summed E-state index contributed by atoms with van der Waals surface area (Å²) in [7, 11) is 0. The molecular formula is C16H22O5. The molecule has 5 nitrogen and oxygen atoms in total. The second kappa shape index (κ2) is 5.22. The van der Waals surface area contributed by atoms with Crippen molar-refractivity contribution >= 4 is 5.97 Å². The van der Waals surface area contributed by atoms with Gasteiger partial charge in [0.15, 0.2) is 11.5 Å². The van der Waals surface area contributed by atoms with Gasteiger partial charge in [0, 0.05) is 0 Å². The Balaban J connectivity index is 2.22. The molecule has 0 amide bonds. The topological polar surface area (TPSA) is 65.0 Å². The summed E-state index contributed by atoms with van der Waals surface area (Å²) in [6, 6.07) is 5.16. The van der Waals surface area contributed by atoms with Crippen molar-refractivity contribution < 1.29 is 24.1 Å². The van der Waals surface area contributed by atoms with Gasteiger partial charge in [0.25, 0.3) is 0 Å². The molecule has 1 N–H and O–H groups in total. The van der Waals surface area contributed by atoms with Crippen LogP contribution < -0.4 is 9.47 Å². The minimum absolute atomic E-state index is 0.169. The summed E-state index contributed by atoms with van der Waals surface area (Å²) in [6.07, 6.45) is 0. The lowest BCUT2D eigenvalue weighted by atomic mass is 9.84. The van der Waals surface area contributed by atoms with E-state index in [-0.39, 0.29) is 6.79 Å². The summed E-state index contributed by atoms with van der Waals surface area (Å²) in [5.41, 5.74) is -1.36. The number of carbonyl (C=O) groups is 1. The van der Waals surface area contributed by atoms with Crippen LogP contribution in [0.4, 0.5) is 0 Å². The van der Waals surface area contributed by atoms with Crippen molar-refractivity contribution in [3.63, 3.8) is 0 Å². The highest BCUT2D eigenvalue weighted by Crippen LogP contribution is 2.38. The summed E-state index contributed by atoms with van der Waals surface area (Å²) in [5, 5.41) is 10.8. The van der Waals surface area contributed by atoms with Crippen molar-refractivity contribution in [1.82, 2.24) is 0 Å². The van der Waals surface area contributed by atoms with Crippen LogP contribution in [0, 0.1) is 5.92 Å². The molecule has 21 heavy (non-hydrogen) atoms. The highest BCUT2D eigenvalue weighted by molar-refractivity contribution is 5.74. The van der Waals surface area contributed by atoms with Crippen LogP contribution in [-0.2, 0) is 15.1 Å². The van der Waals surface area contributed by atoms with Crippen LogP contribution in [0.3, 0.4) is 0 Å². The SMILES string of the molecule is CC(C(=O)OC(C)(C)C)C(C)(O)c1ccc2c(c1)OCO2. The van der Waals surface area contributed by atoms with Gasteiger partial charge in [-0.2, -0.15) is 0 Å². The van der Waals surface area contributed by atoms with Crippen LogP contribution in [0.5, 0.6) is 11.5 Å². The zero-order valence-electron chi connectivity index (χ0n) is 13.1. The molecule has 2 atom stereocenters. The Kier molecular flexibility index (Phi) is 3.89. The van der Waals surface area contributed by atoms with E-state index in [9.17, 15) is 9.90 Å². The predicted octanol–water partition coefficient (Wildman–Crippen LogP) is 2.60. The molecule has 0 aliphatic carbocycles. The number of aliphatic hydroxyl groups is 1. The lowest BCUT2D eigenvalue weighted by Crippen LogP contribution is -2.39. The van der Waals surface area contributed by atoms with Crippen LogP contribution in [0.25, 0.3) is 0 Å². The highest BCUT2D eigenvalue weighted by atomic mass is 16.7. The standard InChI is InChI=1S/C16H22O5/c1-10(14(17)21-15(2,3)4)16(5,18)11-6-7-12-13(8-11)20-9-19-12/h6-8,10,18H,9H2,1-5H3. The summed E-state index contributed by atoms with van der Waals surface area (Å²) in [5.74, 6) is 0.0610. The van der Waals surface area contributed by atoms with Gasteiger partial charge in [-0.1, -0.05) is 6.07 Å². The maximum absolute atomic E-state index is 12.2. The first-order chi connectivity index (χ1) is 9.61. The monoisotopic (exact) mass is 294 g/mol. The van der Waals surface area contributed by atoms with E-state index in [0.717, 1.165) is 0 Å². The first kappa shape index (κ1) is 15.6. The largest absolute Gasteiger partial charge is 0.460 e. The van der Waals surface area contributed by atoms with Crippen molar-refractivity contribution in [1.29, 1.82) is 0 Å². The zero-order valence-corrected chi connectivity index (χ0v) is 13.1. The van der Waals surface area contributed by atoms with Crippen LogP contribution in [0.15, 0.2) is 18.2 Å². The second-order valence-electron chi connectivity index (χ2n) is 6.47. The number of hydrogen-bond acceptors (Lipinski definition) is 5. The van der Waals surface area contributed by atoms with E-state index in [0.29, 0.717) is 17.1 Å². The van der Waals surface area contributed by atoms with Crippen molar-refractivity contribution in [2.45, 2.75) is 45.8 Å². The van der Waals surface area contributed by atoms with Gasteiger partial charge in [0.2, 0.25) is 6.79 Å². The molecule has 0 bridgehead atoms. The Labute approximate surface area is 124 Å². The Bertz CT molecular complexity index is 542. The Hall–Kier alpha value is -1.75. The van der Waals surface area contributed by atoms with Gasteiger partial charge in [-0.05, 0) is 52.3 Å². The van der Waals surface area contributed by atoms with E-state index >= 15 is 0 Å². The van der Waals surface area contributed by atoms with Crippen molar-refractivity contribution in [3.05, 3.63) is 23.8 Å². The molecule has 0 fully saturated rings. The minimum atomic E-state index is -1.36. The zero-order chi connectivity index (χ0) is 15.8. The molecule has 1 aliphatic rings. The first-order valence-corrected chi connectivity index (χ1v) is 6.96. The Morgan fingerprint density at radius 1 is 1.24 bits per heavy atom. The highest BCUT2D eigenvalue weighted by Gasteiger charge is 2.38. The van der Waals surface area contributed by atoms with Crippen molar-refractivity contribution in [2.24, 2.45) is 5.92 Å². The third kappa shape index (κ3) is 3.29. The smallest absolute Gasteiger partial charge is 0.312 e.